The maximum Gasteiger partial charge on any atom is 0.167 e. The molecule has 1 saturated carbocycles. The van der Waals surface area contributed by atoms with Crippen molar-refractivity contribution in [3.05, 3.63) is 34.3 Å². The standard InChI is InChI=1S/C15H17BrO2/c16-13-5-2-1-4-12(13)14(17)11-6-9-18-15(10-11)7-3-8-15/h1-2,4-5,11H,3,6-10H2. The molecule has 3 rings (SSSR count). The summed E-state index contributed by atoms with van der Waals surface area (Å²) in [4.78, 5) is 12.6. The first kappa shape index (κ1) is 12.4. The van der Waals surface area contributed by atoms with Gasteiger partial charge in [0.15, 0.2) is 5.78 Å². The minimum absolute atomic E-state index is 0.0415. The van der Waals surface area contributed by atoms with Crippen molar-refractivity contribution >= 4 is 21.7 Å². The van der Waals surface area contributed by atoms with E-state index in [-0.39, 0.29) is 17.3 Å². The highest BCUT2D eigenvalue weighted by molar-refractivity contribution is 9.10. The minimum Gasteiger partial charge on any atom is -0.375 e. The molecular weight excluding hydrogens is 292 g/mol. The molecule has 2 aliphatic rings. The Balaban J connectivity index is 1.78. The number of hydrogen-bond acceptors (Lipinski definition) is 2. The predicted molar refractivity (Wildman–Crippen MR) is 73.7 cm³/mol. The van der Waals surface area contributed by atoms with Gasteiger partial charge in [-0.3, -0.25) is 4.79 Å². The second-order valence-electron chi connectivity index (χ2n) is 5.42. The van der Waals surface area contributed by atoms with Gasteiger partial charge in [-0.15, -0.1) is 0 Å². The lowest BCUT2D eigenvalue weighted by Gasteiger charge is -2.46. The highest BCUT2D eigenvalue weighted by Gasteiger charge is 2.44. The second-order valence-corrected chi connectivity index (χ2v) is 6.27. The molecule has 2 nitrogen and oxygen atoms in total. The van der Waals surface area contributed by atoms with Gasteiger partial charge in [-0.05, 0) is 38.2 Å². The molecule has 1 aromatic carbocycles. The van der Waals surface area contributed by atoms with Crippen molar-refractivity contribution in [3.63, 3.8) is 0 Å². The average molecular weight is 309 g/mol. The van der Waals surface area contributed by atoms with Crippen molar-refractivity contribution < 1.29 is 9.53 Å². The van der Waals surface area contributed by atoms with E-state index >= 15 is 0 Å². The second kappa shape index (κ2) is 4.78. The zero-order valence-electron chi connectivity index (χ0n) is 10.3. The number of hydrogen-bond donors (Lipinski definition) is 0. The van der Waals surface area contributed by atoms with Crippen LogP contribution in [0.2, 0.25) is 0 Å². The van der Waals surface area contributed by atoms with Crippen LogP contribution in [0.3, 0.4) is 0 Å². The van der Waals surface area contributed by atoms with Crippen LogP contribution in [0, 0.1) is 5.92 Å². The van der Waals surface area contributed by atoms with Crippen molar-refractivity contribution in [3.8, 4) is 0 Å². The summed E-state index contributed by atoms with van der Waals surface area (Å²) in [5, 5.41) is 0. The molecule has 96 valence electrons. The molecule has 0 radical (unpaired) electrons. The molecule has 1 aliphatic carbocycles. The molecule has 1 spiro atoms. The molecule has 0 bridgehead atoms. The van der Waals surface area contributed by atoms with E-state index in [1.165, 1.54) is 6.42 Å². The Morgan fingerprint density at radius 3 is 2.78 bits per heavy atom. The van der Waals surface area contributed by atoms with Crippen molar-refractivity contribution in [2.45, 2.75) is 37.7 Å². The molecule has 2 fully saturated rings. The number of benzene rings is 1. The fraction of sp³-hybridized carbons (Fsp3) is 0.533. The van der Waals surface area contributed by atoms with E-state index in [1.807, 2.05) is 24.3 Å². The van der Waals surface area contributed by atoms with Crippen LogP contribution in [-0.2, 0) is 4.74 Å². The third-order valence-corrected chi connectivity index (χ3v) is 4.96. The number of carbonyl (C=O) groups is 1. The Bertz CT molecular complexity index is 465. The van der Waals surface area contributed by atoms with Crippen LogP contribution in [0.25, 0.3) is 0 Å². The predicted octanol–water partition coefficient (Wildman–Crippen LogP) is 3.98. The van der Waals surface area contributed by atoms with E-state index in [2.05, 4.69) is 15.9 Å². The maximum atomic E-state index is 12.6. The minimum atomic E-state index is 0.0415. The van der Waals surface area contributed by atoms with E-state index in [9.17, 15) is 4.79 Å². The van der Waals surface area contributed by atoms with E-state index in [1.54, 1.807) is 0 Å². The van der Waals surface area contributed by atoms with Crippen molar-refractivity contribution in [1.29, 1.82) is 0 Å². The van der Waals surface area contributed by atoms with Gasteiger partial charge in [0.05, 0.1) is 5.60 Å². The van der Waals surface area contributed by atoms with Gasteiger partial charge in [0.2, 0.25) is 0 Å². The average Bonchev–Trinajstić information content (AvgIpc) is 2.37. The summed E-state index contributed by atoms with van der Waals surface area (Å²) in [7, 11) is 0. The molecule has 0 N–H and O–H groups in total. The van der Waals surface area contributed by atoms with Gasteiger partial charge in [-0.25, -0.2) is 0 Å². The topological polar surface area (TPSA) is 26.3 Å². The lowest BCUT2D eigenvalue weighted by Crippen LogP contribution is -2.47. The zero-order valence-corrected chi connectivity index (χ0v) is 11.9. The number of Topliss-reactive ketones (excluding diaryl/α,β-unsaturated/α-hetero) is 1. The van der Waals surface area contributed by atoms with Gasteiger partial charge in [0.1, 0.15) is 0 Å². The van der Waals surface area contributed by atoms with Crippen LogP contribution >= 0.6 is 15.9 Å². The summed E-state index contributed by atoms with van der Waals surface area (Å²) in [6, 6.07) is 7.72. The van der Waals surface area contributed by atoms with Crippen LogP contribution < -0.4 is 0 Å². The van der Waals surface area contributed by atoms with Crippen molar-refractivity contribution in [2.24, 2.45) is 5.92 Å². The van der Waals surface area contributed by atoms with E-state index in [4.69, 9.17) is 4.74 Å². The molecule has 3 heteroatoms. The third-order valence-electron chi connectivity index (χ3n) is 4.27. The molecule has 0 amide bonds. The zero-order chi connectivity index (χ0) is 12.6. The monoisotopic (exact) mass is 308 g/mol. The van der Waals surface area contributed by atoms with Crippen LogP contribution in [0.4, 0.5) is 0 Å². The number of rotatable bonds is 2. The smallest absolute Gasteiger partial charge is 0.167 e. The first-order chi connectivity index (χ1) is 8.70. The van der Waals surface area contributed by atoms with Gasteiger partial charge in [0, 0.05) is 22.6 Å². The van der Waals surface area contributed by atoms with Crippen LogP contribution in [0.1, 0.15) is 42.5 Å². The molecular formula is C15H17BrO2. The summed E-state index contributed by atoms with van der Waals surface area (Å²) < 4.78 is 6.79. The summed E-state index contributed by atoms with van der Waals surface area (Å²) in [6.07, 6.45) is 5.28. The van der Waals surface area contributed by atoms with E-state index < -0.39 is 0 Å². The lowest BCUT2D eigenvalue weighted by atomic mass is 9.70. The SMILES string of the molecule is O=C(c1ccccc1Br)C1CCOC2(CCC2)C1. The molecule has 1 aliphatic heterocycles. The first-order valence-corrected chi connectivity index (χ1v) is 7.42. The quantitative estimate of drug-likeness (QED) is 0.772. The van der Waals surface area contributed by atoms with E-state index in [0.717, 1.165) is 42.3 Å². The van der Waals surface area contributed by atoms with Crippen molar-refractivity contribution in [1.82, 2.24) is 0 Å². The summed E-state index contributed by atoms with van der Waals surface area (Å²) >= 11 is 3.47. The molecule has 0 aromatic heterocycles. The summed E-state index contributed by atoms with van der Waals surface area (Å²) in [5.41, 5.74) is 0.860. The van der Waals surface area contributed by atoms with Gasteiger partial charge in [-0.2, -0.15) is 0 Å². The van der Waals surface area contributed by atoms with Gasteiger partial charge in [-0.1, -0.05) is 34.1 Å². The summed E-state index contributed by atoms with van der Waals surface area (Å²) in [6.45, 7) is 0.737. The lowest BCUT2D eigenvalue weighted by molar-refractivity contribution is -0.137. The van der Waals surface area contributed by atoms with Crippen LogP contribution in [0.5, 0.6) is 0 Å². The highest BCUT2D eigenvalue weighted by Crippen LogP contribution is 2.45. The fourth-order valence-corrected chi connectivity index (χ4v) is 3.53. The third kappa shape index (κ3) is 2.14. The normalized spacial score (nSPS) is 25.7. The number of ketones is 1. The van der Waals surface area contributed by atoms with Gasteiger partial charge in [0.25, 0.3) is 0 Å². The Morgan fingerprint density at radius 2 is 2.11 bits per heavy atom. The maximum absolute atomic E-state index is 12.6. The Kier molecular flexibility index (Phi) is 3.29. The molecule has 1 saturated heterocycles. The number of halogens is 1. The van der Waals surface area contributed by atoms with Gasteiger partial charge >= 0.3 is 0 Å². The fourth-order valence-electron chi connectivity index (χ4n) is 3.05. The van der Waals surface area contributed by atoms with E-state index in [0.29, 0.717) is 0 Å². The number of carbonyl (C=O) groups excluding carboxylic acids is 1. The molecule has 18 heavy (non-hydrogen) atoms. The largest absolute Gasteiger partial charge is 0.375 e. The van der Waals surface area contributed by atoms with Crippen LogP contribution in [-0.4, -0.2) is 18.0 Å². The Hall–Kier alpha value is -0.670. The Morgan fingerprint density at radius 1 is 1.33 bits per heavy atom. The molecule has 1 heterocycles. The molecule has 1 aromatic rings. The molecule has 1 unspecified atom stereocenters. The van der Waals surface area contributed by atoms with Gasteiger partial charge < -0.3 is 4.74 Å². The molecule has 1 atom stereocenters. The summed E-state index contributed by atoms with van der Waals surface area (Å²) in [5.74, 6) is 0.412. The Labute approximate surface area is 116 Å². The number of ether oxygens (including phenoxy) is 1. The van der Waals surface area contributed by atoms with Crippen LogP contribution in [0.15, 0.2) is 28.7 Å². The first-order valence-electron chi connectivity index (χ1n) is 6.63. The van der Waals surface area contributed by atoms with Crippen molar-refractivity contribution in [2.75, 3.05) is 6.61 Å². The highest BCUT2D eigenvalue weighted by atomic mass is 79.9.